The van der Waals surface area contributed by atoms with Gasteiger partial charge in [-0.2, -0.15) is 5.10 Å². The van der Waals surface area contributed by atoms with E-state index < -0.39 is 6.10 Å². The predicted molar refractivity (Wildman–Crippen MR) is 94.1 cm³/mol. The molecule has 1 saturated heterocycles. The highest BCUT2D eigenvalue weighted by atomic mass is 16.5. The molecule has 0 aliphatic carbocycles. The van der Waals surface area contributed by atoms with Crippen molar-refractivity contribution >= 4 is 0 Å². The normalized spacial score (nSPS) is 20.0. The lowest BCUT2D eigenvalue weighted by Gasteiger charge is -2.37. The van der Waals surface area contributed by atoms with Gasteiger partial charge < -0.3 is 9.84 Å². The zero-order chi connectivity index (χ0) is 16.9. The van der Waals surface area contributed by atoms with Crippen molar-refractivity contribution < 1.29 is 9.84 Å². The van der Waals surface area contributed by atoms with Gasteiger partial charge in [-0.3, -0.25) is 9.58 Å². The summed E-state index contributed by atoms with van der Waals surface area (Å²) in [6.45, 7) is 4.57. The molecule has 2 heterocycles. The van der Waals surface area contributed by atoms with Crippen molar-refractivity contribution in [2.75, 3.05) is 20.2 Å². The van der Waals surface area contributed by atoms with Crippen LogP contribution in [-0.2, 0) is 6.54 Å². The van der Waals surface area contributed by atoms with Crippen molar-refractivity contribution in [2.24, 2.45) is 0 Å². The Morgan fingerprint density at radius 2 is 2.25 bits per heavy atom. The minimum absolute atomic E-state index is 0.420. The van der Waals surface area contributed by atoms with E-state index in [0.29, 0.717) is 12.6 Å². The van der Waals surface area contributed by atoms with Gasteiger partial charge in [-0.15, -0.1) is 0 Å². The highest BCUT2D eigenvalue weighted by Crippen LogP contribution is 2.29. The van der Waals surface area contributed by atoms with E-state index in [4.69, 9.17) is 4.74 Å². The van der Waals surface area contributed by atoms with Crippen LogP contribution in [0.15, 0.2) is 36.7 Å². The van der Waals surface area contributed by atoms with E-state index >= 15 is 0 Å². The number of nitrogens with zero attached hydrogens (tertiary/aromatic N) is 3. The quantitative estimate of drug-likeness (QED) is 0.885. The number of hydrogen-bond acceptors (Lipinski definition) is 4. The third-order valence-electron chi connectivity index (χ3n) is 4.86. The summed E-state index contributed by atoms with van der Waals surface area (Å²) in [6, 6.07) is 8.35. The number of methoxy groups -OCH3 is 1. The monoisotopic (exact) mass is 329 g/mol. The van der Waals surface area contributed by atoms with Crippen molar-refractivity contribution in [1.29, 1.82) is 0 Å². The Labute approximate surface area is 143 Å². The number of likely N-dealkylation sites (tertiary alicyclic amines) is 1. The van der Waals surface area contributed by atoms with Gasteiger partial charge in [0.15, 0.2) is 0 Å². The highest BCUT2D eigenvalue weighted by molar-refractivity contribution is 5.38. The van der Waals surface area contributed by atoms with Gasteiger partial charge in [0, 0.05) is 30.5 Å². The van der Waals surface area contributed by atoms with Gasteiger partial charge >= 0.3 is 0 Å². The van der Waals surface area contributed by atoms with Crippen LogP contribution >= 0.6 is 0 Å². The Morgan fingerprint density at radius 3 is 3.00 bits per heavy atom. The minimum atomic E-state index is -0.543. The van der Waals surface area contributed by atoms with Crippen molar-refractivity contribution in [1.82, 2.24) is 14.7 Å². The maximum atomic E-state index is 10.8. The molecular formula is C19H27N3O2. The zero-order valence-electron chi connectivity index (χ0n) is 14.6. The Balaban J connectivity index is 1.71. The van der Waals surface area contributed by atoms with Crippen LogP contribution in [0, 0.1) is 6.92 Å². The molecule has 0 bridgehead atoms. The van der Waals surface area contributed by atoms with Crippen LogP contribution in [-0.4, -0.2) is 46.0 Å². The maximum absolute atomic E-state index is 10.8. The molecule has 1 N–H and O–H groups in total. The van der Waals surface area contributed by atoms with E-state index in [-0.39, 0.29) is 0 Å². The molecular weight excluding hydrogens is 302 g/mol. The standard InChI is InChI=1S/C19H27N3O2/c1-15-7-8-19(24-2)17(12-15)18(23)14-21-10-4-3-6-16(21)13-22-11-5-9-20-22/h5,7-9,11-12,16,18,23H,3-4,6,10,13-14H2,1-2H3/t16-,18+/m0/s1. The molecule has 1 aliphatic heterocycles. The predicted octanol–water partition coefficient (Wildman–Crippen LogP) is 2.79. The second kappa shape index (κ2) is 7.81. The molecule has 24 heavy (non-hydrogen) atoms. The van der Waals surface area contributed by atoms with Crippen molar-refractivity contribution in [2.45, 2.75) is 44.9 Å². The van der Waals surface area contributed by atoms with E-state index in [2.05, 4.69) is 10.00 Å². The van der Waals surface area contributed by atoms with E-state index in [9.17, 15) is 5.11 Å². The molecule has 0 radical (unpaired) electrons. The first kappa shape index (κ1) is 17.0. The summed E-state index contributed by atoms with van der Waals surface area (Å²) in [7, 11) is 1.66. The molecule has 5 nitrogen and oxygen atoms in total. The van der Waals surface area contributed by atoms with E-state index in [1.54, 1.807) is 7.11 Å². The molecule has 3 rings (SSSR count). The molecule has 2 aromatic rings. The number of aryl methyl sites for hydroxylation is 1. The number of aliphatic hydroxyl groups excluding tert-OH is 1. The van der Waals surface area contributed by atoms with E-state index in [1.165, 1.54) is 12.8 Å². The lowest BCUT2D eigenvalue weighted by Crippen LogP contribution is -2.44. The summed E-state index contributed by atoms with van der Waals surface area (Å²) in [6.07, 6.45) is 6.86. The molecule has 1 aromatic carbocycles. The Kier molecular flexibility index (Phi) is 5.53. The first-order chi connectivity index (χ1) is 11.7. The third-order valence-corrected chi connectivity index (χ3v) is 4.86. The summed E-state index contributed by atoms with van der Waals surface area (Å²) in [5.41, 5.74) is 2.01. The fourth-order valence-corrected chi connectivity index (χ4v) is 3.57. The van der Waals surface area contributed by atoms with E-state index in [1.807, 2.05) is 48.3 Å². The van der Waals surface area contributed by atoms with Crippen LogP contribution in [0.2, 0.25) is 0 Å². The van der Waals surface area contributed by atoms with Gasteiger partial charge in [-0.1, -0.05) is 18.1 Å². The molecule has 1 aliphatic rings. The molecule has 0 unspecified atom stereocenters. The average Bonchev–Trinajstić information content (AvgIpc) is 3.09. The molecule has 1 aromatic heterocycles. The number of piperidine rings is 1. The fraction of sp³-hybridized carbons (Fsp3) is 0.526. The van der Waals surface area contributed by atoms with Gasteiger partial charge in [0.2, 0.25) is 0 Å². The summed E-state index contributed by atoms with van der Waals surface area (Å²) >= 11 is 0. The molecule has 5 heteroatoms. The number of aromatic nitrogens is 2. The summed E-state index contributed by atoms with van der Waals surface area (Å²) in [5.74, 6) is 0.758. The minimum Gasteiger partial charge on any atom is -0.496 e. The van der Waals surface area contributed by atoms with Crippen LogP contribution in [0.25, 0.3) is 0 Å². The number of ether oxygens (including phenoxy) is 1. The number of rotatable bonds is 6. The van der Waals surface area contributed by atoms with Gasteiger partial charge in [0.1, 0.15) is 5.75 Å². The van der Waals surface area contributed by atoms with Crippen molar-refractivity contribution in [3.05, 3.63) is 47.8 Å². The Hall–Kier alpha value is -1.85. The fourth-order valence-electron chi connectivity index (χ4n) is 3.57. The zero-order valence-corrected chi connectivity index (χ0v) is 14.6. The molecule has 0 saturated carbocycles. The number of hydrogen-bond donors (Lipinski definition) is 1. The molecule has 0 spiro atoms. The topological polar surface area (TPSA) is 50.5 Å². The first-order valence-electron chi connectivity index (χ1n) is 8.71. The number of benzene rings is 1. The lowest BCUT2D eigenvalue weighted by atomic mass is 9.99. The first-order valence-corrected chi connectivity index (χ1v) is 8.71. The van der Waals surface area contributed by atoms with Crippen molar-refractivity contribution in [3.63, 3.8) is 0 Å². The SMILES string of the molecule is COc1ccc(C)cc1[C@H](O)CN1CCCC[C@H]1Cn1cccn1. The van der Waals surface area contributed by atoms with Crippen molar-refractivity contribution in [3.8, 4) is 5.75 Å². The highest BCUT2D eigenvalue weighted by Gasteiger charge is 2.26. The van der Waals surface area contributed by atoms with Crippen LogP contribution < -0.4 is 4.74 Å². The molecule has 1 fully saturated rings. The largest absolute Gasteiger partial charge is 0.496 e. The smallest absolute Gasteiger partial charge is 0.124 e. The van der Waals surface area contributed by atoms with Gasteiger partial charge in [-0.05, 0) is 44.5 Å². The molecule has 2 atom stereocenters. The van der Waals surface area contributed by atoms with E-state index in [0.717, 1.165) is 36.4 Å². The second-order valence-electron chi connectivity index (χ2n) is 6.63. The Bertz CT molecular complexity index is 642. The van der Waals surface area contributed by atoms with Crippen LogP contribution in [0.1, 0.15) is 36.5 Å². The molecule has 130 valence electrons. The van der Waals surface area contributed by atoms with Gasteiger partial charge in [-0.25, -0.2) is 0 Å². The maximum Gasteiger partial charge on any atom is 0.124 e. The lowest BCUT2D eigenvalue weighted by molar-refractivity contribution is 0.0579. The van der Waals surface area contributed by atoms with Gasteiger partial charge in [0.25, 0.3) is 0 Å². The number of aliphatic hydroxyl groups is 1. The van der Waals surface area contributed by atoms with Crippen LogP contribution in [0.3, 0.4) is 0 Å². The number of β-amino-alcohol motifs (C(OH)–C–C–N with tert-alkyl or cyclic N) is 1. The van der Waals surface area contributed by atoms with Crippen LogP contribution in [0.4, 0.5) is 0 Å². The Morgan fingerprint density at radius 1 is 1.38 bits per heavy atom. The summed E-state index contributed by atoms with van der Waals surface area (Å²) in [5, 5.41) is 15.1. The van der Waals surface area contributed by atoms with Gasteiger partial charge in [0.05, 0.1) is 19.8 Å². The molecule has 0 amide bonds. The summed E-state index contributed by atoms with van der Waals surface area (Å²) < 4.78 is 7.42. The average molecular weight is 329 g/mol. The van der Waals surface area contributed by atoms with Crippen LogP contribution in [0.5, 0.6) is 5.75 Å². The summed E-state index contributed by atoms with van der Waals surface area (Å²) in [4.78, 5) is 2.40. The third kappa shape index (κ3) is 3.97. The second-order valence-corrected chi connectivity index (χ2v) is 6.63.